The van der Waals surface area contributed by atoms with E-state index in [9.17, 15) is 0 Å². The summed E-state index contributed by atoms with van der Waals surface area (Å²) in [5.74, 6) is 0.853. The molecule has 1 aliphatic carbocycles. The SMILES string of the molecule is CC1CCCC/C1=C\CBr. The van der Waals surface area contributed by atoms with E-state index in [1.807, 2.05) is 0 Å². The van der Waals surface area contributed by atoms with Gasteiger partial charge in [-0.05, 0) is 25.2 Å². The van der Waals surface area contributed by atoms with Gasteiger partial charge in [-0.2, -0.15) is 0 Å². The van der Waals surface area contributed by atoms with Crippen LogP contribution in [0.4, 0.5) is 0 Å². The molecule has 0 saturated heterocycles. The molecular formula is C9H15Br. The molecule has 0 nitrogen and oxygen atoms in total. The minimum Gasteiger partial charge on any atom is -0.0883 e. The van der Waals surface area contributed by atoms with Crippen LogP contribution in [-0.4, -0.2) is 5.33 Å². The largest absolute Gasteiger partial charge is 0.0883 e. The van der Waals surface area contributed by atoms with Crippen molar-refractivity contribution in [2.24, 2.45) is 5.92 Å². The molecule has 0 radical (unpaired) electrons. The van der Waals surface area contributed by atoms with Crippen molar-refractivity contribution in [3.63, 3.8) is 0 Å². The molecule has 1 aliphatic rings. The molecule has 1 heteroatoms. The van der Waals surface area contributed by atoms with Crippen LogP contribution in [0, 0.1) is 5.92 Å². The molecule has 0 heterocycles. The fourth-order valence-corrected chi connectivity index (χ4v) is 2.03. The van der Waals surface area contributed by atoms with Gasteiger partial charge in [-0.1, -0.05) is 40.9 Å². The highest BCUT2D eigenvalue weighted by molar-refractivity contribution is 9.09. The predicted molar refractivity (Wildman–Crippen MR) is 49.5 cm³/mol. The van der Waals surface area contributed by atoms with E-state index in [0.29, 0.717) is 0 Å². The lowest BCUT2D eigenvalue weighted by molar-refractivity contribution is 0.483. The van der Waals surface area contributed by atoms with Gasteiger partial charge in [0.1, 0.15) is 0 Å². The van der Waals surface area contributed by atoms with E-state index in [1.165, 1.54) is 25.7 Å². The topological polar surface area (TPSA) is 0 Å². The van der Waals surface area contributed by atoms with Crippen LogP contribution in [0.15, 0.2) is 11.6 Å². The van der Waals surface area contributed by atoms with E-state index >= 15 is 0 Å². The molecule has 58 valence electrons. The molecule has 0 spiro atoms. The summed E-state index contributed by atoms with van der Waals surface area (Å²) < 4.78 is 0. The second-order valence-corrected chi connectivity index (χ2v) is 3.73. The Hall–Kier alpha value is 0.220. The fourth-order valence-electron chi connectivity index (χ4n) is 1.61. The van der Waals surface area contributed by atoms with Crippen molar-refractivity contribution >= 4 is 15.9 Å². The molecule has 1 unspecified atom stereocenters. The average molecular weight is 203 g/mol. The Morgan fingerprint density at radius 1 is 1.60 bits per heavy atom. The normalized spacial score (nSPS) is 31.0. The molecule has 0 N–H and O–H groups in total. The Kier molecular flexibility index (Phi) is 3.47. The van der Waals surface area contributed by atoms with Crippen molar-refractivity contribution < 1.29 is 0 Å². The molecule has 1 rings (SSSR count). The Balaban J connectivity index is 2.47. The molecule has 0 amide bonds. The van der Waals surface area contributed by atoms with E-state index in [4.69, 9.17) is 0 Å². The van der Waals surface area contributed by atoms with Crippen molar-refractivity contribution in [2.75, 3.05) is 5.33 Å². The maximum Gasteiger partial charge on any atom is 0.0214 e. The first-order chi connectivity index (χ1) is 4.84. The standard InChI is InChI=1S/C9H15Br/c1-8-4-2-3-5-9(8)6-7-10/h6,8H,2-5,7H2,1H3/b9-6+. The smallest absolute Gasteiger partial charge is 0.0214 e. The number of hydrogen-bond donors (Lipinski definition) is 0. The number of alkyl halides is 1. The highest BCUT2D eigenvalue weighted by Gasteiger charge is 2.12. The molecule has 0 aromatic carbocycles. The first-order valence-corrected chi connectivity index (χ1v) is 5.21. The van der Waals surface area contributed by atoms with Crippen LogP contribution in [0.5, 0.6) is 0 Å². The van der Waals surface area contributed by atoms with Gasteiger partial charge in [0.25, 0.3) is 0 Å². The van der Waals surface area contributed by atoms with Gasteiger partial charge >= 0.3 is 0 Å². The minimum atomic E-state index is 0.853. The van der Waals surface area contributed by atoms with Crippen LogP contribution < -0.4 is 0 Å². The number of hydrogen-bond acceptors (Lipinski definition) is 0. The Bertz CT molecular complexity index is 127. The van der Waals surface area contributed by atoms with Crippen molar-refractivity contribution in [1.29, 1.82) is 0 Å². The third-order valence-corrected chi connectivity index (χ3v) is 2.65. The van der Waals surface area contributed by atoms with Crippen LogP contribution in [0.25, 0.3) is 0 Å². The van der Waals surface area contributed by atoms with Crippen molar-refractivity contribution in [3.8, 4) is 0 Å². The van der Waals surface area contributed by atoms with Gasteiger partial charge in [-0.15, -0.1) is 0 Å². The third kappa shape index (κ3) is 2.12. The van der Waals surface area contributed by atoms with Crippen LogP contribution >= 0.6 is 15.9 Å². The van der Waals surface area contributed by atoms with Gasteiger partial charge in [0.15, 0.2) is 0 Å². The van der Waals surface area contributed by atoms with Crippen LogP contribution in [0.2, 0.25) is 0 Å². The zero-order valence-corrected chi connectivity index (χ0v) is 8.15. The van der Waals surface area contributed by atoms with E-state index in [1.54, 1.807) is 5.57 Å². The van der Waals surface area contributed by atoms with Crippen molar-refractivity contribution in [1.82, 2.24) is 0 Å². The quantitative estimate of drug-likeness (QED) is 0.451. The minimum absolute atomic E-state index is 0.853. The van der Waals surface area contributed by atoms with Gasteiger partial charge in [-0.25, -0.2) is 0 Å². The van der Waals surface area contributed by atoms with Gasteiger partial charge in [0, 0.05) is 5.33 Å². The van der Waals surface area contributed by atoms with Crippen LogP contribution in [0.1, 0.15) is 32.6 Å². The molecule has 1 atom stereocenters. The lowest BCUT2D eigenvalue weighted by Gasteiger charge is -2.21. The average Bonchev–Trinajstić information content (AvgIpc) is 1.94. The summed E-state index contributed by atoms with van der Waals surface area (Å²) in [7, 11) is 0. The van der Waals surface area contributed by atoms with E-state index in [-0.39, 0.29) is 0 Å². The molecule has 1 fully saturated rings. The molecule has 0 bridgehead atoms. The first kappa shape index (κ1) is 8.32. The van der Waals surface area contributed by atoms with Crippen molar-refractivity contribution in [2.45, 2.75) is 32.6 Å². The number of rotatable bonds is 1. The summed E-state index contributed by atoms with van der Waals surface area (Å²) in [6.07, 6.45) is 7.92. The lowest BCUT2D eigenvalue weighted by Crippen LogP contribution is -2.05. The van der Waals surface area contributed by atoms with E-state index in [2.05, 4.69) is 28.9 Å². The first-order valence-electron chi connectivity index (χ1n) is 4.09. The molecule has 10 heavy (non-hydrogen) atoms. The maximum absolute atomic E-state index is 3.44. The summed E-state index contributed by atoms with van der Waals surface area (Å²) in [6.45, 7) is 2.34. The van der Waals surface area contributed by atoms with Gasteiger partial charge in [0.2, 0.25) is 0 Å². The summed E-state index contributed by atoms with van der Waals surface area (Å²) >= 11 is 3.44. The molecule has 0 aromatic heterocycles. The summed E-state index contributed by atoms with van der Waals surface area (Å²) in [5, 5.41) is 1.03. The Morgan fingerprint density at radius 2 is 2.40 bits per heavy atom. The van der Waals surface area contributed by atoms with Crippen LogP contribution in [-0.2, 0) is 0 Å². The highest BCUT2D eigenvalue weighted by Crippen LogP contribution is 2.28. The fraction of sp³-hybridized carbons (Fsp3) is 0.778. The molecular weight excluding hydrogens is 188 g/mol. The van der Waals surface area contributed by atoms with Gasteiger partial charge < -0.3 is 0 Å². The summed E-state index contributed by atoms with van der Waals surface area (Å²) in [5.41, 5.74) is 1.67. The van der Waals surface area contributed by atoms with Gasteiger partial charge in [0.05, 0.1) is 0 Å². The van der Waals surface area contributed by atoms with Gasteiger partial charge in [-0.3, -0.25) is 0 Å². The number of halogens is 1. The molecule has 1 saturated carbocycles. The van der Waals surface area contributed by atoms with Crippen LogP contribution in [0.3, 0.4) is 0 Å². The maximum atomic E-state index is 3.44. The Labute approximate surface area is 71.8 Å². The van der Waals surface area contributed by atoms with Crippen molar-refractivity contribution in [3.05, 3.63) is 11.6 Å². The summed E-state index contributed by atoms with van der Waals surface area (Å²) in [4.78, 5) is 0. The zero-order valence-electron chi connectivity index (χ0n) is 6.57. The second-order valence-electron chi connectivity index (χ2n) is 3.08. The molecule has 0 aliphatic heterocycles. The Morgan fingerprint density at radius 3 is 3.00 bits per heavy atom. The van der Waals surface area contributed by atoms with E-state index in [0.717, 1.165) is 11.2 Å². The lowest BCUT2D eigenvalue weighted by atomic mass is 9.86. The summed E-state index contributed by atoms with van der Waals surface area (Å²) in [6, 6.07) is 0. The predicted octanol–water partition coefficient (Wildman–Crippen LogP) is 3.52. The number of allylic oxidation sites excluding steroid dienone is 2. The highest BCUT2D eigenvalue weighted by atomic mass is 79.9. The third-order valence-electron chi connectivity index (χ3n) is 2.32. The zero-order chi connectivity index (χ0) is 7.40. The molecule has 0 aromatic rings. The monoisotopic (exact) mass is 202 g/mol. The van der Waals surface area contributed by atoms with E-state index < -0.39 is 0 Å². The second kappa shape index (κ2) is 4.17.